The first-order valence-corrected chi connectivity index (χ1v) is 10.2. The third-order valence-corrected chi connectivity index (χ3v) is 5.22. The molecule has 0 aliphatic carbocycles. The first kappa shape index (κ1) is 19.9. The van der Waals surface area contributed by atoms with Crippen LogP contribution in [0.5, 0.6) is 11.5 Å². The minimum atomic E-state index is -0.146. The van der Waals surface area contributed by atoms with Crippen molar-refractivity contribution in [3.8, 4) is 11.5 Å². The van der Waals surface area contributed by atoms with Crippen molar-refractivity contribution in [2.75, 3.05) is 13.2 Å². The third kappa shape index (κ3) is 4.15. The van der Waals surface area contributed by atoms with Gasteiger partial charge in [-0.25, -0.2) is 0 Å². The average molecular weight is 407 g/mol. The first-order chi connectivity index (χ1) is 14.5. The van der Waals surface area contributed by atoms with Gasteiger partial charge in [0, 0.05) is 11.8 Å². The highest BCUT2D eigenvalue weighted by Crippen LogP contribution is 2.34. The Morgan fingerprint density at radius 3 is 2.70 bits per heavy atom. The molecule has 7 nitrogen and oxygen atoms in total. The summed E-state index contributed by atoms with van der Waals surface area (Å²) in [6.07, 6.45) is 1.56. The molecule has 1 N–H and O–H groups in total. The molecule has 0 fully saturated rings. The number of hydrogen-bond acceptors (Lipinski definition) is 5. The van der Waals surface area contributed by atoms with Crippen molar-refractivity contribution in [3.63, 3.8) is 0 Å². The fraction of sp³-hybridized carbons (Fsp3) is 0.348. The molecule has 3 aromatic rings. The summed E-state index contributed by atoms with van der Waals surface area (Å²) in [6, 6.07) is 12.9. The minimum absolute atomic E-state index is 0.0758. The van der Waals surface area contributed by atoms with Crippen molar-refractivity contribution in [1.82, 2.24) is 15.1 Å². The van der Waals surface area contributed by atoms with Crippen LogP contribution in [0.15, 0.2) is 53.5 Å². The second kappa shape index (κ2) is 8.57. The maximum Gasteiger partial charge on any atom is 0.222 e. The zero-order valence-electron chi connectivity index (χ0n) is 17.1. The molecule has 0 bridgehead atoms. The predicted octanol–water partition coefficient (Wildman–Crippen LogP) is 3.07. The van der Waals surface area contributed by atoms with E-state index in [1.807, 2.05) is 36.4 Å². The van der Waals surface area contributed by atoms with E-state index in [9.17, 15) is 9.59 Å². The summed E-state index contributed by atoms with van der Waals surface area (Å²) in [5.41, 5.74) is 1.59. The third-order valence-electron chi connectivity index (χ3n) is 5.22. The van der Waals surface area contributed by atoms with E-state index in [2.05, 4.69) is 24.3 Å². The molecule has 1 amide bonds. The highest BCUT2D eigenvalue weighted by molar-refractivity contribution is 5.79. The Bertz CT molecular complexity index is 1120. The van der Waals surface area contributed by atoms with Crippen LogP contribution in [0.25, 0.3) is 10.9 Å². The van der Waals surface area contributed by atoms with Gasteiger partial charge in [-0.1, -0.05) is 32.0 Å². The summed E-state index contributed by atoms with van der Waals surface area (Å²) in [4.78, 5) is 24.7. The Hall–Kier alpha value is -3.35. The Balaban J connectivity index is 1.47. The lowest BCUT2D eigenvalue weighted by Crippen LogP contribution is -2.32. The molecular weight excluding hydrogens is 382 g/mol. The van der Waals surface area contributed by atoms with E-state index in [0.717, 1.165) is 16.8 Å². The van der Waals surface area contributed by atoms with Crippen molar-refractivity contribution in [1.29, 1.82) is 0 Å². The normalized spacial score (nSPS) is 14.0. The second-order valence-corrected chi connectivity index (χ2v) is 7.69. The molecule has 0 saturated carbocycles. The van der Waals surface area contributed by atoms with Gasteiger partial charge in [-0.3, -0.25) is 14.3 Å². The Morgan fingerprint density at radius 2 is 1.90 bits per heavy atom. The van der Waals surface area contributed by atoms with Crippen molar-refractivity contribution in [2.45, 2.75) is 32.9 Å². The largest absolute Gasteiger partial charge is 0.486 e. The second-order valence-electron chi connectivity index (χ2n) is 7.69. The average Bonchev–Trinajstić information content (AvgIpc) is 2.76. The monoisotopic (exact) mass is 407 g/mol. The van der Waals surface area contributed by atoms with Crippen LogP contribution in [0.1, 0.15) is 31.9 Å². The summed E-state index contributed by atoms with van der Waals surface area (Å²) in [6.45, 7) is 5.59. The molecule has 1 aromatic heterocycles. The zero-order valence-corrected chi connectivity index (χ0v) is 17.1. The molecule has 1 aliphatic heterocycles. The summed E-state index contributed by atoms with van der Waals surface area (Å²) in [5, 5.41) is 7.92. The standard InChI is InChI=1S/C23H25N3O4/c1-15(2)23(16-7-8-20-21(13-16)30-12-11-29-20)25-22(28)9-10-26-18-6-4-3-5-17(18)19(27)14-24-26/h3-8,13-15,23H,9-12H2,1-2H3,(H,25,28). The molecule has 7 heteroatoms. The molecule has 0 saturated heterocycles. The summed E-state index contributed by atoms with van der Waals surface area (Å²) >= 11 is 0. The number of fused-ring (bicyclic) bond motifs is 2. The van der Waals surface area contributed by atoms with Gasteiger partial charge in [0.2, 0.25) is 11.3 Å². The van der Waals surface area contributed by atoms with Crippen LogP contribution in [0.3, 0.4) is 0 Å². The number of hydrogen-bond donors (Lipinski definition) is 1. The lowest BCUT2D eigenvalue weighted by atomic mass is 9.95. The molecule has 0 radical (unpaired) electrons. The number of aryl methyl sites for hydroxylation is 1. The Kier molecular flexibility index (Phi) is 5.70. The number of nitrogens with zero attached hydrogens (tertiary/aromatic N) is 2. The van der Waals surface area contributed by atoms with Crippen LogP contribution < -0.4 is 20.2 Å². The van der Waals surface area contributed by atoms with Crippen molar-refractivity contribution < 1.29 is 14.3 Å². The number of para-hydroxylation sites is 1. The predicted molar refractivity (Wildman–Crippen MR) is 114 cm³/mol. The van der Waals surface area contributed by atoms with Gasteiger partial charge in [0.1, 0.15) is 13.2 Å². The van der Waals surface area contributed by atoms with E-state index in [4.69, 9.17) is 9.47 Å². The van der Waals surface area contributed by atoms with Gasteiger partial charge < -0.3 is 14.8 Å². The van der Waals surface area contributed by atoms with Crippen LogP contribution in [-0.4, -0.2) is 28.9 Å². The quantitative estimate of drug-likeness (QED) is 0.679. The smallest absolute Gasteiger partial charge is 0.222 e. The molecule has 2 heterocycles. The van der Waals surface area contributed by atoms with Gasteiger partial charge in [-0.2, -0.15) is 5.10 Å². The molecular formula is C23H25N3O4. The Morgan fingerprint density at radius 1 is 1.13 bits per heavy atom. The highest BCUT2D eigenvalue weighted by Gasteiger charge is 2.21. The van der Waals surface area contributed by atoms with Crippen LogP contribution in [0, 0.1) is 5.92 Å². The van der Waals surface area contributed by atoms with E-state index in [1.165, 1.54) is 6.20 Å². The fourth-order valence-electron chi connectivity index (χ4n) is 3.68. The molecule has 30 heavy (non-hydrogen) atoms. The number of nitrogens with one attached hydrogen (secondary N) is 1. The fourth-order valence-corrected chi connectivity index (χ4v) is 3.68. The summed E-state index contributed by atoms with van der Waals surface area (Å²) < 4.78 is 13.0. The SMILES string of the molecule is CC(C)C(NC(=O)CCn1ncc(=O)c2ccccc21)c1ccc2c(c1)OCCO2. The van der Waals surface area contributed by atoms with Gasteiger partial charge in [0.05, 0.1) is 24.3 Å². The number of aromatic nitrogens is 2. The van der Waals surface area contributed by atoms with Crippen molar-refractivity contribution in [3.05, 3.63) is 64.4 Å². The molecule has 156 valence electrons. The van der Waals surface area contributed by atoms with E-state index in [0.29, 0.717) is 30.9 Å². The van der Waals surface area contributed by atoms with Crippen molar-refractivity contribution >= 4 is 16.8 Å². The number of amides is 1. The van der Waals surface area contributed by atoms with E-state index < -0.39 is 0 Å². The molecule has 1 aliphatic rings. The minimum Gasteiger partial charge on any atom is -0.486 e. The maximum atomic E-state index is 12.7. The zero-order chi connectivity index (χ0) is 21.1. The summed E-state index contributed by atoms with van der Waals surface area (Å²) in [5.74, 6) is 1.56. The highest BCUT2D eigenvalue weighted by atomic mass is 16.6. The van der Waals surface area contributed by atoms with E-state index >= 15 is 0 Å². The van der Waals surface area contributed by atoms with Gasteiger partial charge >= 0.3 is 0 Å². The molecule has 0 spiro atoms. The van der Waals surface area contributed by atoms with Gasteiger partial charge in [-0.05, 0) is 35.7 Å². The van der Waals surface area contributed by atoms with Crippen LogP contribution in [0.2, 0.25) is 0 Å². The van der Waals surface area contributed by atoms with Gasteiger partial charge in [-0.15, -0.1) is 0 Å². The molecule has 1 atom stereocenters. The molecule has 2 aromatic carbocycles. The number of ether oxygens (including phenoxy) is 2. The Labute approximate surface area is 174 Å². The lowest BCUT2D eigenvalue weighted by molar-refractivity contribution is -0.122. The van der Waals surface area contributed by atoms with E-state index in [1.54, 1.807) is 10.7 Å². The van der Waals surface area contributed by atoms with Crippen LogP contribution in [-0.2, 0) is 11.3 Å². The van der Waals surface area contributed by atoms with Crippen LogP contribution >= 0.6 is 0 Å². The van der Waals surface area contributed by atoms with Gasteiger partial charge in [0.15, 0.2) is 11.5 Å². The lowest BCUT2D eigenvalue weighted by Gasteiger charge is -2.25. The van der Waals surface area contributed by atoms with E-state index in [-0.39, 0.29) is 29.7 Å². The number of carbonyl (C=O) groups excluding carboxylic acids is 1. The molecule has 4 rings (SSSR count). The number of rotatable bonds is 6. The summed E-state index contributed by atoms with van der Waals surface area (Å²) in [7, 11) is 0. The van der Waals surface area contributed by atoms with Gasteiger partial charge in [0.25, 0.3) is 0 Å². The van der Waals surface area contributed by atoms with Crippen molar-refractivity contribution in [2.24, 2.45) is 5.92 Å². The number of carbonyl (C=O) groups is 1. The molecule has 1 unspecified atom stereocenters. The topological polar surface area (TPSA) is 82.5 Å². The van der Waals surface area contributed by atoms with Crippen LogP contribution in [0.4, 0.5) is 0 Å². The maximum absolute atomic E-state index is 12.7. The number of benzene rings is 2. The first-order valence-electron chi connectivity index (χ1n) is 10.2.